The quantitative estimate of drug-likeness (QED) is 0.432. The highest BCUT2D eigenvalue weighted by atomic mass is 16.5. The lowest BCUT2D eigenvalue weighted by Crippen LogP contribution is -2.46. The van der Waals surface area contributed by atoms with Crippen LogP contribution in [0.4, 0.5) is 4.79 Å². The van der Waals surface area contributed by atoms with E-state index in [0.29, 0.717) is 58.8 Å². The largest absolute Gasteiger partial charge is 0.493 e. The minimum absolute atomic E-state index is 0.0203. The molecule has 0 radical (unpaired) electrons. The molecule has 0 aromatic heterocycles. The molecule has 2 fully saturated rings. The van der Waals surface area contributed by atoms with Gasteiger partial charge in [-0.1, -0.05) is 25.5 Å². The highest BCUT2D eigenvalue weighted by Gasteiger charge is 2.47. The van der Waals surface area contributed by atoms with Crippen LogP contribution in [-0.2, 0) is 16.0 Å². The molecule has 4 rings (SSSR count). The molecule has 10 heteroatoms. The number of urea groups is 1. The molecule has 2 saturated heterocycles. The molecule has 0 saturated carbocycles. The van der Waals surface area contributed by atoms with Gasteiger partial charge in [0.05, 0.1) is 19.1 Å². The molecule has 1 unspecified atom stereocenters. The number of carbonyl (C=O) groups is 3. The van der Waals surface area contributed by atoms with Gasteiger partial charge in [0.2, 0.25) is 5.91 Å². The van der Waals surface area contributed by atoms with Crippen LogP contribution in [0.1, 0.15) is 43.2 Å². The number of hydrogen-bond donors (Lipinski definition) is 2. The van der Waals surface area contributed by atoms with E-state index >= 15 is 0 Å². The minimum Gasteiger partial charge on any atom is -0.493 e. The lowest BCUT2D eigenvalue weighted by molar-refractivity contribution is -0.143. The smallest absolute Gasteiger partial charge is 0.319 e. The van der Waals surface area contributed by atoms with Crippen LogP contribution in [0.3, 0.4) is 0 Å². The molecule has 3 amide bonds. The summed E-state index contributed by atoms with van der Waals surface area (Å²) in [4.78, 5) is 45.8. The summed E-state index contributed by atoms with van der Waals surface area (Å²) in [6, 6.07) is 5.59. The van der Waals surface area contributed by atoms with Crippen molar-refractivity contribution in [2.24, 2.45) is 11.7 Å². The summed E-state index contributed by atoms with van der Waals surface area (Å²) in [6.07, 6.45) is 3.19. The van der Waals surface area contributed by atoms with Gasteiger partial charge in [0.1, 0.15) is 5.75 Å². The van der Waals surface area contributed by atoms with Crippen LogP contribution in [0.25, 0.3) is 0 Å². The maximum absolute atomic E-state index is 13.4. The maximum atomic E-state index is 13.4. The van der Waals surface area contributed by atoms with E-state index in [4.69, 9.17) is 10.5 Å². The van der Waals surface area contributed by atoms with Gasteiger partial charge >= 0.3 is 12.0 Å². The minimum atomic E-state index is -0.864. The van der Waals surface area contributed by atoms with Crippen molar-refractivity contribution in [1.29, 1.82) is 0 Å². The van der Waals surface area contributed by atoms with E-state index in [9.17, 15) is 19.5 Å². The molecule has 3 aliphatic heterocycles. The third kappa shape index (κ3) is 6.01. The second-order valence-electron chi connectivity index (χ2n) is 10.4. The highest BCUT2D eigenvalue weighted by molar-refractivity contribution is 5.79. The molecule has 3 N–H and O–H groups in total. The Morgan fingerprint density at radius 2 is 2.05 bits per heavy atom. The first kappa shape index (κ1) is 27.2. The zero-order valence-electron chi connectivity index (χ0n) is 22.1. The van der Waals surface area contributed by atoms with E-state index in [-0.39, 0.29) is 30.4 Å². The van der Waals surface area contributed by atoms with Crippen LogP contribution < -0.4 is 10.5 Å². The number of nitrogens with two attached hydrogens (primary N) is 1. The Balaban J connectivity index is 1.58. The molecule has 10 nitrogen and oxygen atoms in total. The third-order valence-electron chi connectivity index (χ3n) is 8.04. The average molecular weight is 516 g/mol. The van der Waals surface area contributed by atoms with Crippen LogP contribution in [-0.4, -0.2) is 115 Å². The number of nitrogens with zero attached hydrogens (tertiary/aromatic N) is 4. The van der Waals surface area contributed by atoms with Gasteiger partial charge in [-0.25, -0.2) is 4.79 Å². The lowest BCUT2D eigenvalue weighted by atomic mass is 9.83. The maximum Gasteiger partial charge on any atom is 0.319 e. The van der Waals surface area contributed by atoms with E-state index in [0.717, 1.165) is 36.1 Å². The second-order valence-corrected chi connectivity index (χ2v) is 10.4. The standard InChI is InChI=1S/C27H41N5O5/c1-3-4-10-30(12-9-28)24(33)18-32-17-21(19-5-6-23-20(16-19)8-15-37-23)25(26(34)35)22(32)7-11-31-14-13-29(2)27(31)36/h5-6,16,21-22,25H,3-4,7-15,17-18,28H2,1-2H3,(H,34,35)/t21-,22+,25?/m1/s1. The number of rotatable bonds is 12. The zero-order chi connectivity index (χ0) is 26.5. The van der Waals surface area contributed by atoms with Crippen LogP contribution in [0.5, 0.6) is 5.75 Å². The number of aliphatic carboxylic acids is 1. The number of likely N-dealkylation sites (tertiary alicyclic amines) is 1. The SMILES string of the molecule is CCCCN(CCN)C(=O)CN1C[C@H](c2ccc3c(c2)CCO3)C(C(=O)O)[C@@H]1CCN1CCN(C)C1=O. The number of benzene rings is 1. The number of amides is 3. The van der Waals surface area contributed by atoms with Gasteiger partial charge in [0.25, 0.3) is 0 Å². The molecule has 204 valence electrons. The van der Waals surface area contributed by atoms with Gasteiger partial charge in [0, 0.05) is 71.2 Å². The number of unbranched alkanes of at least 4 members (excludes halogenated alkanes) is 1. The van der Waals surface area contributed by atoms with E-state index in [1.54, 1.807) is 21.7 Å². The van der Waals surface area contributed by atoms with Crippen molar-refractivity contribution in [1.82, 2.24) is 19.6 Å². The molecule has 3 heterocycles. The Morgan fingerprint density at radius 3 is 2.73 bits per heavy atom. The molecule has 1 aromatic rings. The third-order valence-corrected chi connectivity index (χ3v) is 8.04. The Kier molecular flexibility index (Phi) is 8.91. The first-order valence-corrected chi connectivity index (χ1v) is 13.5. The van der Waals surface area contributed by atoms with Gasteiger partial charge in [-0.3, -0.25) is 14.5 Å². The monoisotopic (exact) mass is 515 g/mol. The fourth-order valence-corrected chi connectivity index (χ4v) is 5.97. The molecule has 0 aliphatic carbocycles. The fraction of sp³-hybridized carbons (Fsp3) is 0.667. The summed E-state index contributed by atoms with van der Waals surface area (Å²) in [5.74, 6) is -0.953. The molecular formula is C27H41N5O5. The van der Waals surface area contributed by atoms with Crippen LogP contribution in [0, 0.1) is 5.92 Å². The average Bonchev–Trinajstić information content (AvgIpc) is 3.58. The summed E-state index contributed by atoms with van der Waals surface area (Å²) >= 11 is 0. The number of ether oxygens (including phenoxy) is 1. The lowest BCUT2D eigenvalue weighted by Gasteiger charge is -2.30. The van der Waals surface area contributed by atoms with Crippen molar-refractivity contribution in [2.75, 3.05) is 66.0 Å². The first-order valence-electron chi connectivity index (χ1n) is 13.5. The second kappa shape index (κ2) is 12.1. The summed E-state index contributed by atoms with van der Waals surface area (Å²) in [7, 11) is 1.78. The van der Waals surface area contributed by atoms with E-state index in [1.165, 1.54) is 0 Å². The summed E-state index contributed by atoms with van der Waals surface area (Å²) in [6.45, 7) is 6.65. The van der Waals surface area contributed by atoms with E-state index in [1.807, 2.05) is 17.0 Å². The number of hydrogen-bond acceptors (Lipinski definition) is 6. The molecule has 37 heavy (non-hydrogen) atoms. The summed E-state index contributed by atoms with van der Waals surface area (Å²) < 4.78 is 5.65. The molecular weight excluding hydrogens is 474 g/mol. The molecule has 3 atom stereocenters. The van der Waals surface area contributed by atoms with Gasteiger partial charge in [-0.2, -0.15) is 0 Å². The van der Waals surface area contributed by atoms with Crippen molar-refractivity contribution in [2.45, 2.75) is 44.6 Å². The molecule has 0 bridgehead atoms. The van der Waals surface area contributed by atoms with Crippen LogP contribution in [0.15, 0.2) is 18.2 Å². The van der Waals surface area contributed by atoms with Crippen molar-refractivity contribution < 1.29 is 24.2 Å². The van der Waals surface area contributed by atoms with Crippen molar-refractivity contribution in [3.8, 4) is 5.75 Å². The van der Waals surface area contributed by atoms with Crippen molar-refractivity contribution in [3.05, 3.63) is 29.3 Å². The predicted octanol–water partition coefficient (Wildman–Crippen LogP) is 1.44. The highest BCUT2D eigenvalue weighted by Crippen LogP contribution is 2.41. The first-order chi connectivity index (χ1) is 17.8. The predicted molar refractivity (Wildman–Crippen MR) is 140 cm³/mol. The topological polar surface area (TPSA) is 120 Å². The molecule has 0 spiro atoms. The number of carboxylic acid groups (broad SMARTS) is 1. The fourth-order valence-electron chi connectivity index (χ4n) is 5.97. The Hall–Kier alpha value is -2.85. The number of carbonyl (C=O) groups excluding carboxylic acids is 2. The molecule has 3 aliphatic rings. The van der Waals surface area contributed by atoms with Gasteiger partial charge in [0.15, 0.2) is 0 Å². The zero-order valence-corrected chi connectivity index (χ0v) is 22.1. The Labute approximate surface area is 219 Å². The Bertz CT molecular complexity index is 988. The summed E-state index contributed by atoms with van der Waals surface area (Å²) in [5, 5.41) is 10.4. The van der Waals surface area contributed by atoms with Crippen molar-refractivity contribution in [3.63, 3.8) is 0 Å². The number of likely N-dealkylation sites (N-methyl/N-ethyl adjacent to an activating group) is 1. The molecule has 1 aromatic carbocycles. The Morgan fingerprint density at radius 1 is 1.24 bits per heavy atom. The van der Waals surface area contributed by atoms with Gasteiger partial charge in [-0.15, -0.1) is 0 Å². The van der Waals surface area contributed by atoms with Crippen molar-refractivity contribution >= 4 is 17.9 Å². The number of fused-ring (bicyclic) bond motifs is 1. The van der Waals surface area contributed by atoms with Gasteiger partial charge in [-0.05, 0) is 30.0 Å². The van der Waals surface area contributed by atoms with E-state index in [2.05, 4.69) is 13.0 Å². The van der Waals surface area contributed by atoms with E-state index < -0.39 is 11.9 Å². The number of carboxylic acids is 1. The summed E-state index contributed by atoms with van der Waals surface area (Å²) in [5.41, 5.74) is 7.86. The van der Waals surface area contributed by atoms with Crippen LogP contribution >= 0.6 is 0 Å². The van der Waals surface area contributed by atoms with Crippen LogP contribution in [0.2, 0.25) is 0 Å². The normalized spacial score (nSPS) is 23.4. The van der Waals surface area contributed by atoms with Gasteiger partial charge < -0.3 is 30.3 Å².